The molecule has 0 aliphatic heterocycles. The number of nitrogens with one attached hydrogen (secondary N) is 1. The first-order valence-corrected chi connectivity index (χ1v) is 9.28. The summed E-state index contributed by atoms with van der Waals surface area (Å²) in [6.07, 6.45) is 0. The number of alkyl halides is 2. The predicted octanol–water partition coefficient (Wildman–Crippen LogP) is 4.03. The third-order valence-corrected chi connectivity index (χ3v) is 5.38. The van der Waals surface area contributed by atoms with Gasteiger partial charge in [-0.05, 0) is 42.0 Å². The maximum Gasteiger partial charge on any atom is 0.341 e. The van der Waals surface area contributed by atoms with E-state index < -0.39 is 26.4 Å². The summed E-state index contributed by atoms with van der Waals surface area (Å²) in [5.41, 5.74) is 0.849. The number of halogens is 4. The van der Waals surface area contributed by atoms with Crippen LogP contribution in [0, 0.1) is 0 Å². The highest BCUT2D eigenvalue weighted by molar-refractivity contribution is 9.10. The lowest BCUT2D eigenvalue weighted by molar-refractivity contribution is 0.0951. The van der Waals surface area contributed by atoms with Crippen molar-refractivity contribution in [3.8, 4) is 0 Å². The van der Waals surface area contributed by atoms with Crippen LogP contribution in [-0.4, -0.2) is 20.1 Å². The summed E-state index contributed by atoms with van der Waals surface area (Å²) in [6, 6.07) is 9.50. The van der Waals surface area contributed by atoms with Crippen molar-refractivity contribution >= 4 is 43.3 Å². The Kier molecular flexibility index (Phi) is 5.95. The monoisotopic (exact) mass is 437 g/mol. The van der Waals surface area contributed by atoms with Gasteiger partial charge in [0.2, 0.25) is 9.84 Å². The highest BCUT2D eigenvalue weighted by Crippen LogP contribution is 2.21. The van der Waals surface area contributed by atoms with E-state index in [1.54, 1.807) is 18.2 Å². The molecule has 2 rings (SSSR count). The van der Waals surface area contributed by atoms with Crippen LogP contribution in [0.2, 0.25) is 5.02 Å². The average Bonchev–Trinajstić information content (AvgIpc) is 2.53. The molecule has 0 aliphatic rings. The molecule has 2 aromatic rings. The van der Waals surface area contributed by atoms with Gasteiger partial charge >= 0.3 is 5.76 Å². The SMILES string of the molecule is O=C(NCc1ccc(Br)cc1Cl)c1ccc(S(=O)(=O)C(F)F)cc1. The summed E-state index contributed by atoms with van der Waals surface area (Å²) in [5.74, 6) is -3.98. The van der Waals surface area contributed by atoms with Gasteiger partial charge in [-0.2, -0.15) is 8.78 Å². The fraction of sp³-hybridized carbons (Fsp3) is 0.133. The molecule has 0 fully saturated rings. The molecule has 0 bridgehead atoms. The molecular weight excluding hydrogens is 428 g/mol. The van der Waals surface area contributed by atoms with E-state index in [0.29, 0.717) is 10.6 Å². The fourth-order valence-electron chi connectivity index (χ4n) is 1.84. The minimum Gasteiger partial charge on any atom is -0.348 e. The number of amides is 1. The number of rotatable bonds is 5. The second-order valence-electron chi connectivity index (χ2n) is 4.75. The van der Waals surface area contributed by atoms with Crippen molar-refractivity contribution in [3.63, 3.8) is 0 Å². The molecule has 0 unspecified atom stereocenters. The summed E-state index contributed by atoms with van der Waals surface area (Å²) in [6.45, 7) is 0.169. The van der Waals surface area contributed by atoms with Crippen LogP contribution in [0.15, 0.2) is 51.8 Å². The highest BCUT2D eigenvalue weighted by atomic mass is 79.9. The van der Waals surface area contributed by atoms with Crippen molar-refractivity contribution in [1.29, 1.82) is 0 Å². The lowest BCUT2D eigenvalue weighted by atomic mass is 10.2. The van der Waals surface area contributed by atoms with Crippen LogP contribution < -0.4 is 5.32 Å². The van der Waals surface area contributed by atoms with Gasteiger partial charge < -0.3 is 5.32 Å². The fourth-order valence-corrected chi connectivity index (χ4v) is 3.30. The predicted molar refractivity (Wildman–Crippen MR) is 90.0 cm³/mol. The van der Waals surface area contributed by atoms with E-state index in [2.05, 4.69) is 21.2 Å². The second-order valence-corrected chi connectivity index (χ2v) is 7.99. The van der Waals surface area contributed by atoms with Gasteiger partial charge in [-0.15, -0.1) is 0 Å². The third-order valence-electron chi connectivity index (χ3n) is 3.13. The second kappa shape index (κ2) is 7.58. The molecule has 4 nitrogen and oxygen atoms in total. The van der Waals surface area contributed by atoms with Crippen LogP contribution in [0.25, 0.3) is 0 Å². The smallest absolute Gasteiger partial charge is 0.341 e. The van der Waals surface area contributed by atoms with Crippen LogP contribution in [0.3, 0.4) is 0 Å². The minimum absolute atomic E-state index is 0.149. The van der Waals surface area contributed by atoms with E-state index in [9.17, 15) is 22.0 Å². The van der Waals surface area contributed by atoms with Crippen molar-refractivity contribution in [2.24, 2.45) is 0 Å². The van der Waals surface area contributed by atoms with E-state index in [0.717, 1.165) is 16.6 Å². The van der Waals surface area contributed by atoms with E-state index in [-0.39, 0.29) is 12.1 Å². The van der Waals surface area contributed by atoms with E-state index >= 15 is 0 Å². The largest absolute Gasteiger partial charge is 0.348 e. The number of carbonyl (C=O) groups excluding carboxylic acids is 1. The topological polar surface area (TPSA) is 63.2 Å². The number of hydrogen-bond donors (Lipinski definition) is 1. The van der Waals surface area contributed by atoms with Crippen molar-refractivity contribution in [2.45, 2.75) is 17.2 Å². The molecule has 9 heteroatoms. The van der Waals surface area contributed by atoms with E-state index in [1.807, 2.05) is 0 Å². The van der Waals surface area contributed by atoms with Crippen molar-refractivity contribution in [2.75, 3.05) is 0 Å². The van der Waals surface area contributed by atoms with E-state index in [4.69, 9.17) is 11.6 Å². The van der Waals surface area contributed by atoms with Crippen LogP contribution in [0.5, 0.6) is 0 Å². The number of benzene rings is 2. The zero-order valence-corrected chi connectivity index (χ0v) is 15.1. The van der Waals surface area contributed by atoms with Crippen LogP contribution in [0.4, 0.5) is 8.78 Å². The number of hydrogen-bond acceptors (Lipinski definition) is 3. The molecule has 0 radical (unpaired) electrons. The van der Waals surface area contributed by atoms with Crippen LogP contribution in [-0.2, 0) is 16.4 Å². The molecule has 1 N–H and O–H groups in total. The third kappa shape index (κ3) is 4.31. The molecule has 0 heterocycles. The zero-order valence-electron chi connectivity index (χ0n) is 12.0. The van der Waals surface area contributed by atoms with Gasteiger partial charge in [0.1, 0.15) is 0 Å². The molecule has 24 heavy (non-hydrogen) atoms. The molecule has 0 atom stereocenters. The average molecular weight is 439 g/mol. The van der Waals surface area contributed by atoms with Gasteiger partial charge in [0.05, 0.1) is 4.90 Å². The summed E-state index contributed by atoms with van der Waals surface area (Å²) in [5, 5.41) is 3.10. The van der Waals surface area contributed by atoms with Gasteiger partial charge in [0.15, 0.2) is 0 Å². The van der Waals surface area contributed by atoms with Crippen molar-refractivity contribution in [1.82, 2.24) is 5.32 Å². The molecular formula is C15H11BrClF2NO3S. The van der Waals surface area contributed by atoms with Gasteiger partial charge in [-0.3, -0.25) is 4.79 Å². The Labute approximate surface area is 150 Å². The molecule has 128 valence electrons. The number of sulfone groups is 1. The van der Waals surface area contributed by atoms with Gasteiger partial charge in [-0.1, -0.05) is 33.6 Å². The Morgan fingerprint density at radius 3 is 2.33 bits per heavy atom. The number of carbonyl (C=O) groups is 1. The summed E-state index contributed by atoms with van der Waals surface area (Å²) in [7, 11) is -4.67. The van der Waals surface area contributed by atoms with Crippen LogP contribution in [0.1, 0.15) is 15.9 Å². The first-order valence-electron chi connectivity index (χ1n) is 6.56. The minimum atomic E-state index is -4.67. The Balaban J connectivity index is 2.08. The lowest BCUT2D eigenvalue weighted by Gasteiger charge is -2.08. The normalized spacial score (nSPS) is 11.5. The van der Waals surface area contributed by atoms with Gasteiger partial charge in [0, 0.05) is 21.6 Å². The Morgan fingerprint density at radius 1 is 1.17 bits per heavy atom. The first-order chi connectivity index (χ1) is 11.2. The summed E-state index contributed by atoms with van der Waals surface area (Å²) >= 11 is 9.31. The molecule has 0 saturated carbocycles. The summed E-state index contributed by atoms with van der Waals surface area (Å²) in [4.78, 5) is 11.5. The highest BCUT2D eigenvalue weighted by Gasteiger charge is 2.26. The van der Waals surface area contributed by atoms with Gasteiger partial charge in [-0.25, -0.2) is 8.42 Å². The van der Waals surface area contributed by atoms with Crippen LogP contribution >= 0.6 is 27.5 Å². The Bertz CT molecular complexity index is 858. The molecule has 0 aliphatic carbocycles. The first kappa shape index (κ1) is 18.8. The Morgan fingerprint density at radius 2 is 1.79 bits per heavy atom. The quantitative estimate of drug-likeness (QED) is 0.767. The van der Waals surface area contributed by atoms with E-state index in [1.165, 1.54) is 12.1 Å². The zero-order chi connectivity index (χ0) is 17.9. The maximum atomic E-state index is 12.4. The molecule has 0 spiro atoms. The Hall–Kier alpha value is -1.51. The molecule has 2 aromatic carbocycles. The standard InChI is InChI=1S/C15H11BrClF2NO3S/c16-11-4-1-10(13(17)7-11)8-20-14(21)9-2-5-12(6-3-9)24(22,23)15(18)19/h1-7,15H,8H2,(H,20,21). The molecule has 0 saturated heterocycles. The van der Waals surface area contributed by atoms with Crippen molar-refractivity contribution in [3.05, 3.63) is 63.1 Å². The maximum absolute atomic E-state index is 12.4. The van der Waals surface area contributed by atoms with Gasteiger partial charge in [0.25, 0.3) is 5.91 Å². The molecule has 1 amide bonds. The lowest BCUT2D eigenvalue weighted by Crippen LogP contribution is -2.23. The summed E-state index contributed by atoms with van der Waals surface area (Å²) < 4.78 is 48.3. The molecule has 0 aromatic heterocycles. The van der Waals surface area contributed by atoms with Crippen molar-refractivity contribution < 1.29 is 22.0 Å².